The van der Waals surface area contributed by atoms with Crippen LogP contribution in [0.4, 0.5) is 4.39 Å². The highest BCUT2D eigenvalue weighted by atomic mass is 19.1. The molecule has 0 spiro atoms. The molecule has 2 unspecified atom stereocenters. The molecule has 2 N–H and O–H groups in total. The fourth-order valence-corrected chi connectivity index (χ4v) is 4.64. The quantitative estimate of drug-likeness (QED) is 0.612. The van der Waals surface area contributed by atoms with Gasteiger partial charge in [-0.1, -0.05) is 0 Å². The van der Waals surface area contributed by atoms with Gasteiger partial charge in [0.1, 0.15) is 30.4 Å². The number of benzene rings is 3. The van der Waals surface area contributed by atoms with Gasteiger partial charge in [0.2, 0.25) is 6.17 Å². The average Bonchev–Trinajstić information content (AvgIpc) is 2.81. The minimum Gasteiger partial charge on any atom is -0.497 e. The van der Waals surface area contributed by atoms with E-state index in [-0.39, 0.29) is 12.0 Å². The van der Waals surface area contributed by atoms with Gasteiger partial charge in [0, 0.05) is 17.5 Å². The highest BCUT2D eigenvalue weighted by Crippen LogP contribution is 2.14. The number of quaternary nitrogens is 2. The van der Waals surface area contributed by atoms with Crippen molar-refractivity contribution in [3.05, 3.63) is 95.3 Å². The normalized spacial score (nSPS) is 20.9. The van der Waals surface area contributed by atoms with Crippen molar-refractivity contribution in [3.63, 3.8) is 0 Å². The number of nitrogens with one attached hydrogen (secondary N) is 2. The Morgan fingerprint density at radius 3 is 1.58 bits per heavy atom. The summed E-state index contributed by atoms with van der Waals surface area (Å²) in [5, 5.41) is 0. The number of hydrogen-bond donors (Lipinski definition) is 2. The summed E-state index contributed by atoms with van der Waals surface area (Å²) in [4.78, 5) is 3.01. The number of methoxy groups -OCH3 is 2. The highest BCUT2D eigenvalue weighted by Gasteiger charge is 2.37. The molecule has 162 valence electrons. The van der Waals surface area contributed by atoms with Gasteiger partial charge in [-0.15, -0.1) is 0 Å². The molecule has 31 heavy (non-hydrogen) atoms. The molecule has 1 aliphatic rings. The van der Waals surface area contributed by atoms with Crippen LogP contribution >= 0.6 is 0 Å². The predicted molar refractivity (Wildman–Crippen MR) is 119 cm³/mol. The van der Waals surface area contributed by atoms with Crippen molar-refractivity contribution in [1.29, 1.82) is 0 Å². The second-order valence-corrected chi connectivity index (χ2v) is 8.20. The maximum absolute atomic E-state index is 13.6. The maximum Gasteiger partial charge on any atom is 0.240 e. The Labute approximate surface area is 183 Å². The lowest BCUT2D eigenvalue weighted by molar-refractivity contribution is -1.16. The summed E-state index contributed by atoms with van der Waals surface area (Å²) < 4.78 is 24.3. The van der Waals surface area contributed by atoms with Crippen LogP contribution in [0, 0.1) is 5.82 Å². The molecule has 1 heterocycles. The fourth-order valence-electron chi connectivity index (χ4n) is 4.64. The van der Waals surface area contributed by atoms with E-state index in [2.05, 4.69) is 24.3 Å². The number of halogens is 1. The van der Waals surface area contributed by atoms with Gasteiger partial charge in [0.15, 0.2) is 0 Å². The Balaban J connectivity index is 1.59. The molecule has 1 saturated heterocycles. The maximum atomic E-state index is 13.6. The van der Waals surface area contributed by atoms with Gasteiger partial charge >= 0.3 is 0 Å². The van der Waals surface area contributed by atoms with Crippen molar-refractivity contribution in [3.8, 4) is 11.5 Å². The van der Waals surface area contributed by atoms with Crippen LogP contribution in [0.2, 0.25) is 0 Å². The van der Waals surface area contributed by atoms with Crippen molar-refractivity contribution in [2.24, 2.45) is 0 Å². The monoisotopic (exact) mass is 422 g/mol. The third kappa shape index (κ3) is 5.24. The molecule has 3 aromatic rings. The molecule has 1 fully saturated rings. The number of hydrogen-bond acceptors (Lipinski definition) is 2. The molecule has 0 saturated carbocycles. The second kappa shape index (κ2) is 9.94. The largest absolute Gasteiger partial charge is 0.497 e. The van der Waals surface area contributed by atoms with E-state index in [4.69, 9.17) is 9.47 Å². The molecular formula is C26H31FN2O2+2. The SMILES string of the molecule is COc1ccc(C[NH+]2CCC[NH+](Cc3ccc(OC)cc3)C2c2ccc(F)cc2)cc1. The van der Waals surface area contributed by atoms with Crippen molar-refractivity contribution in [2.45, 2.75) is 25.7 Å². The van der Waals surface area contributed by atoms with Gasteiger partial charge in [-0.25, -0.2) is 4.39 Å². The molecule has 0 aliphatic carbocycles. The van der Waals surface area contributed by atoms with E-state index in [9.17, 15) is 4.39 Å². The number of ether oxygens (including phenoxy) is 2. The lowest BCUT2D eigenvalue weighted by atomic mass is 10.0. The predicted octanol–water partition coefficient (Wildman–Crippen LogP) is 2.42. The first-order valence-electron chi connectivity index (χ1n) is 10.9. The molecule has 0 radical (unpaired) electrons. The van der Waals surface area contributed by atoms with Crippen LogP contribution < -0.4 is 19.3 Å². The number of rotatable bonds is 7. The average molecular weight is 423 g/mol. The van der Waals surface area contributed by atoms with Crippen LogP contribution in [-0.2, 0) is 13.1 Å². The van der Waals surface area contributed by atoms with Crippen LogP contribution in [0.3, 0.4) is 0 Å². The van der Waals surface area contributed by atoms with Crippen molar-refractivity contribution in [1.82, 2.24) is 0 Å². The van der Waals surface area contributed by atoms with Gasteiger partial charge in [0.25, 0.3) is 0 Å². The lowest BCUT2D eigenvalue weighted by Gasteiger charge is -2.38. The first-order valence-corrected chi connectivity index (χ1v) is 10.9. The molecular weight excluding hydrogens is 391 g/mol. The van der Waals surface area contributed by atoms with E-state index in [0.717, 1.165) is 44.1 Å². The highest BCUT2D eigenvalue weighted by molar-refractivity contribution is 5.27. The molecule has 0 amide bonds. The molecule has 0 bridgehead atoms. The Kier molecular flexibility index (Phi) is 6.85. The standard InChI is InChI=1S/C26H29FN2O2/c1-30-24-12-4-20(5-13-24)18-28-16-3-17-29(19-21-6-14-25(31-2)15-7-21)26(28)22-8-10-23(27)11-9-22/h4-15,26H,3,16-19H2,1-2H3/p+2. The van der Waals surface area contributed by atoms with E-state index in [1.54, 1.807) is 26.4 Å². The summed E-state index contributed by atoms with van der Waals surface area (Å²) in [5.74, 6) is 1.56. The van der Waals surface area contributed by atoms with Crippen LogP contribution in [-0.4, -0.2) is 27.3 Å². The molecule has 2 atom stereocenters. The zero-order chi connectivity index (χ0) is 21.6. The van der Waals surface area contributed by atoms with E-state index in [1.165, 1.54) is 26.5 Å². The summed E-state index contributed by atoms with van der Waals surface area (Å²) in [7, 11) is 3.38. The fraction of sp³-hybridized carbons (Fsp3) is 0.308. The summed E-state index contributed by atoms with van der Waals surface area (Å²) in [5.41, 5.74) is 3.76. The van der Waals surface area contributed by atoms with E-state index < -0.39 is 0 Å². The second-order valence-electron chi connectivity index (χ2n) is 8.20. The third-order valence-electron chi connectivity index (χ3n) is 6.20. The molecule has 4 rings (SSSR count). The first kappa shape index (κ1) is 21.3. The summed E-state index contributed by atoms with van der Waals surface area (Å²) >= 11 is 0. The minimum atomic E-state index is -0.187. The summed E-state index contributed by atoms with van der Waals surface area (Å²) in [6.45, 7) is 4.05. The van der Waals surface area contributed by atoms with Crippen LogP contribution in [0.1, 0.15) is 29.3 Å². The van der Waals surface area contributed by atoms with Crippen molar-refractivity contribution in [2.75, 3.05) is 27.3 Å². The first-order chi connectivity index (χ1) is 15.2. The Morgan fingerprint density at radius 1 is 0.710 bits per heavy atom. The Hall–Kier alpha value is -2.89. The summed E-state index contributed by atoms with van der Waals surface area (Å²) in [6.07, 6.45) is 1.41. The minimum absolute atomic E-state index is 0.187. The van der Waals surface area contributed by atoms with Gasteiger partial charge in [-0.05, 0) is 72.8 Å². The van der Waals surface area contributed by atoms with Gasteiger partial charge in [0.05, 0.1) is 32.9 Å². The van der Waals surface area contributed by atoms with Gasteiger partial charge in [-0.2, -0.15) is 0 Å². The van der Waals surface area contributed by atoms with Crippen molar-refractivity contribution < 1.29 is 23.7 Å². The zero-order valence-electron chi connectivity index (χ0n) is 18.2. The molecule has 4 nitrogen and oxygen atoms in total. The van der Waals surface area contributed by atoms with Crippen LogP contribution in [0.25, 0.3) is 0 Å². The zero-order valence-corrected chi connectivity index (χ0v) is 18.2. The van der Waals surface area contributed by atoms with Crippen LogP contribution in [0.5, 0.6) is 11.5 Å². The van der Waals surface area contributed by atoms with E-state index in [0.29, 0.717) is 0 Å². The van der Waals surface area contributed by atoms with Crippen molar-refractivity contribution >= 4 is 0 Å². The molecule has 5 heteroatoms. The molecule has 0 aromatic heterocycles. The topological polar surface area (TPSA) is 27.3 Å². The Bertz CT molecular complexity index is 901. The van der Waals surface area contributed by atoms with Gasteiger partial charge < -0.3 is 9.47 Å². The lowest BCUT2D eigenvalue weighted by Crippen LogP contribution is -3.32. The van der Waals surface area contributed by atoms with Gasteiger partial charge in [-0.3, -0.25) is 9.80 Å². The smallest absolute Gasteiger partial charge is 0.240 e. The molecule has 1 aliphatic heterocycles. The third-order valence-corrected chi connectivity index (χ3v) is 6.20. The van der Waals surface area contributed by atoms with Crippen LogP contribution in [0.15, 0.2) is 72.8 Å². The Morgan fingerprint density at radius 2 is 1.16 bits per heavy atom. The van der Waals surface area contributed by atoms with E-state index in [1.807, 2.05) is 36.4 Å². The molecule has 3 aromatic carbocycles. The summed E-state index contributed by atoms with van der Waals surface area (Å²) in [6, 6.07) is 23.7. The van der Waals surface area contributed by atoms with E-state index >= 15 is 0 Å².